The van der Waals surface area contributed by atoms with Gasteiger partial charge in [0.15, 0.2) is 0 Å². The molecular formula is C23H26FN3O. The molecule has 2 aromatic carbocycles. The van der Waals surface area contributed by atoms with Gasteiger partial charge in [-0.1, -0.05) is 12.1 Å². The zero-order valence-corrected chi connectivity index (χ0v) is 16.4. The summed E-state index contributed by atoms with van der Waals surface area (Å²) in [5, 5.41) is 0. The highest BCUT2D eigenvalue weighted by molar-refractivity contribution is 5.60. The van der Waals surface area contributed by atoms with Gasteiger partial charge in [0.2, 0.25) is 0 Å². The molecule has 146 valence electrons. The number of hydrogen-bond donors (Lipinski definition) is 1. The first-order chi connectivity index (χ1) is 13.6. The number of hydrogen-bond acceptors (Lipinski definition) is 3. The highest BCUT2D eigenvalue weighted by Crippen LogP contribution is 2.30. The molecule has 0 bridgehead atoms. The largest absolute Gasteiger partial charge is 0.495 e. The van der Waals surface area contributed by atoms with Gasteiger partial charge in [0, 0.05) is 43.6 Å². The molecule has 1 saturated heterocycles. The summed E-state index contributed by atoms with van der Waals surface area (Å²) < 4.78 is 18.7. The molecule has 1 atom stereocenters. The molecule has 4 nitrogen and oxygen atoms in total. The summed E-state index contributed by atoms with van der Waals surface area (Å²) in [4.78, 5) is 8.37. The average Bonchev–Trinajstić information content (AvgIpc) is 3.18. The van der Waals surface area contributed by atoms with E-state index < -0.39 is 0 Å². The molecule has 0 aliphatic carbocycles. The van der Waals surface area contributed by atoms with Crippen molar-refractivity contribution in [2.45, 2.75) is 19.5 Å². The summed E-state index contributed by atoms with van der Waals surface area (Å²) in [7, 11) is 1.72. The van der Waals surface area contributed by atoms with Gasteiger partial charge in [0.1, 0.15) is 11.6 Å². The Morgan fingerprint density at radius 2 is 1.82 bits per heavy atom. The molecule has 1 N–H and O–H groups in total. The average molecular weight is 379 g/mol. The number of aromatic amines is 1. The highest BCUT2D eigenvalue weighted by atomic mass is 19.1. The van der Waals surface area contributed by atoms with Crippen LogP contribution in [0.2, 0.25) is 0 Å². The molecule has 0 amide bonds. The second-order valence-electron chi connectivity index (χ2n) is 7.34. The maximum Gasteiger partial charge on any atom is 0.142 e. The van der Waals surface area contributed by atoms with Gasteiger partial charge in [-0.25, -0.2) is 4.39 Å². The van der Waals surface area contributed by atoms with E-state index >= 15 is 0 Å². The molecule has 2 heterocycles. The lowest BCUT2D eigenvalue weighted by molar-refractivity contribution is 0.179. The van der Waals surface area contributed by atoms with E-state index in [0.717, 1.165) is 48.9 Å². The highest BCUT2D eigenvalue weighted by Gasteiger charge is 2.25. The van der Waals surface area contributed by atoms with E-state index in [0.29, 0.717) is 6.04 Å². The number of H-pyrrole nitrogens is 1. The third-order valence-electron chi connectivity index (χ3n) is 5.47. The SMILES string of the molecule is COc1ccccc1N1CCN(Cc2ccc(-c3ccc(F)cc3)[nH]2)C(C)C1. The number of rotatable bonds is 5. The first kappa shape index (κ1) is 18.6. The van der Waals surface area contributed by atoms with E-state index in [4.69, 9.17) is 4.74 Å². The van der Waals surface area contributed by atoms with Crippen molar-refractivity contribution in [3.05, 3.63) is 72.2 Å². The van der Waals surface area contributed by atoms with E-state index in [1.54, 1.807) is 19.2 Å². The van der Waals surface area contributed by atoms with Crippen molar-refractivity contribution in [1.29, 1.82) is 0 Å². The van der Waals surface area contributed by atoms with Crippen LogP contribution in [0.3, 0.4) is 0 Å². The zero-order chi connectivity index (χ0) is 19.5. The van der Waals surface area contributed by atoms with E-state index in [1.807, 2.05) is 12.1 Å². The van der Waals surface area contributed by atoms with Crippen molar-refractivity contribution < 1.29 is 9.13 Å². The van der Waals surface area contributed by atoms with E-state index in [1.165, 1.54) is 17.8 Å². The van der Waals surface area contributed by atoms with Crippen LogP contribution < -0.4 is 9.64 Å². The van der Waals surface area contributed by atoms with Gasteiger partial charge in [-0.05, 0) is 61.0 Å². The fraction of sp³-hybridized carbons (Fsp3) is 0.304. The molecule has 4 rings (SSSR count). The molecule has 1 aromatic heterocycles. The first-order valence-corrected chi connectivity index (χ1v) is 9.70. The van der Waals surface area contributed by atoms with Gasteiger partial charge in [0.25, 0.3) is 0 Å². The lowest BCUT2D eigenvalue weighted by Crippen LogP contribution is -2.51. The third kappa shape index (κ3) is 3.90. The van der Waals surface area contributed by atoms with Gasteiger partial charge in [-0.3, -0.25) is 4.90 Å². The minimum atomic E-state index is -0.211. The normalized spacial score (nSPS) is 17.7. The summed E-state index contributed by atoms with van der Waals surface area (Å²) in [6.07, 6.45) is 0. The summed E-state index contributed by atoms with van der Waals surface area (Å²) in [6.45, 7) is 6.07. The molecule has 28 heavy (non-hydrogen) atoms. The lowest BCUT2D eigenvalue weighted by atomic mass is 10.1. The minimum absolute atomic E-state index is 0.211. The predicted molar refractivity (Wildman–Crippen MR) is 111 cm³/mol. The second kappa shape index (κ2) is 8.07. The molecule has 1 fully saturated rings. The Morgan fingerprint density at radius 1 is 1.04 bits per heavy atom. The Labute approximate surface area is 165 Å². The van der Waals surface area contributed by atoms with Crippen LogP contribution in [-0.2, 0) is 6.54 Å². The fourth-order valence-electron chi connectivity index (χ4n) is 3.89. The molecule has 5 heteroatoms. The first-order valence-electron chi connectivity index (χ1n) is 9.70. The van der Waals surface area contributed by atoms with Gasteiger partial charge >= 0.3 is 0 Å². The monoisotopic (exact) mass is 379 g/mol. The Bertz CT molecular complexity index is 922. The molecule has 0 radical (unpaired) electrons. The lowest BCUT2D eigenvalue weighted by Gasteiger charge is -2.41. The van der Waals surface area contributed by atoms with Crippen molar-refractivity contribution in [2.24, 2.45) is 0 Å². The summed E-state index contributed by atoms with van der Waals surface area (Å²) in [5.74, 6) is 0.716. The van der Waals surface area contributed by atoms with Crippen LogP contribution in [0.4, 0.5) is 10.1 Å². The van der Waals surface area contributed by atoms with Crippen LogP contribution in [0, 0.1) is 5.82 Å². The van der Waals surface area contributed by atoms with Crippen molar-refractivity contribution in [3.8, 4) is 17.0 Å². The second-order valence-corrected chi connectivity index (χ2v) is 7.34. The maximum absolute atomic E-state index is 13.1. The Hall–Kier alpha value is -2.79. The van der Waals surface area contributed by atoms with Gasteiger partial charge < -0.3 is 14.6 Å². The van der Waals surface area contributed by atoms with Crippen LogP contribution in [0.25, 0.3) is 11.3 Å². The van der Waals surface area contributed by atoms with Gasteiger partial charge in [-0.2, -0.15) is 0 Å². The number of methoxy groups -OCH3 is 1. The molecular weight excluding hydrogens is 353 g/mol. The summed E-state index contributed by atoms with van der Waals surface area (Å²) >= 11 is 0. The molecule has 1 aliphatic heterocycles. The number of ether oxygens (including phenoxy) is 1. The van der Waals surface area contributed by atoms with Crippen LogP contribution >= 0.6 is 0 Å². The summed E-state index contributed by atoms with van der Waals surface area (Å²) in [6, 6.07) is 19.4. The van der Waals surface area contributed by atoms with E-state index in [2.05, 4.69) is 46.0 Å². The standard InChI is InChI=1S/C23H26FN3O/c1-17-15-27(22-5-3-4-6-23(22)28-2)14-13-26(17)16-20-11-12-21(25-20)18-7-9-19(24)10-8-18/h3-12,17,25H,13-16H2,1-2H3. The van der Waals surface area contributed by atoms with Crippen LogP contribution in [0.1, 0.15) is 12.6 Å². The zero-order valence-electron chi connectivity index (χ0n) is 16.4. The van der Waals surface area contributed by atoms with Crippen LogP contribution in [0.15, 0.2) is 60.7 Å². The Kier molecular flexibility index (Phi) is 5.35. The van der Waals surface area contributed by atoms with Gasteiger partial charge in [-0.15, -0.1) is 0 Å². The number of para-hydroxylation sites is 2. The van der Waals surface area contributed by atoms with Crippen LogP contribution in [0.5, 0.6) is 5.75 Å². The number of aromatic nitrogens is 1. The topological polar surface area (TPSA) is 31.5 Å². The number of benzene rings is 2. The van der Waals surface area contributed by atoms with E-state index in [9.17, 15) is 4.39 Å². The van der Waals surface area contributed by atoms with Crippen molar-refractivity contribution in [1.82, 2.24) is 9.88 Å². The van der Waals surface area contributed by atoms with Crippen molar-refractivity contribution in [2.75, 3.05) is 31.6 Å². The number of anilines is 1. The molecule has 1 unspecified atom stereocenters. The molecule has 0 saturated carbocycles. The fourth-order valence-corrected chi connectivity index (χ4v) is 3.89. The van der Waals surface area contributed by atoms with E-state index in [-0.39, 0.29) is 5.82 Å². The molecule has 1 aliphatic rings. The molecule has 0 spiro atoms. The quantitative estimate of drug-likeness (QED) is 0.706. The number of halogens is 1. The predicted octanol–water partition coefficient (Wildman–Crippen LogP) is 4.54. The van der Waals surface area contributed by atoms with Gasteiger partial charge in [0.05, 0.1) is 12.8 Å². The minimum Gasteiger partial charge on any atom is -0.495 e. The van der Waals surface area contributed by atoms with Crippen LogP contribution in [-0.4, -0.2) is 42.7 Å². The summed E-state index contributed by atoms with van der Waals surface area (Å²) in [5.41, 5.74) is 4.36. The third-order valence-corrected chi connectivity index (χ3v) is 5.47. The number of nitrogens with one attached hydrogen (secondary N) is 1. The number of nitrogens with zero attached hydrogens (tertiary/aromatic N) is 2. The van der Waals surface area contributed by atoms with Crippen molar-refractivity contribution >= 4 is 5.69 Å². The Morgan fingerprint density at radius 3 is 2.57 bits per heavy atom. The number of piperazine rings is 1. The smallest absolute Gasteiger partial charge is 0.142 e. The maximum atomic E-state index is 13.1. The van der Waals surface area contributed by atoms with Crippen molar-refractivity contribution in [3.63, 3.8) is 0 Å². The molecule has 3 aromatic rings. The Balaban J connectivity index is 1.41.